The van der Waals surface area contributed by atoms with E-state index >= 15 is 0 Å². The van der Waals surface area contributed by atoms with Gasteiger partial charge < -0.3 is 5.73 Å². The first-order valence-electron chi connectivity index (χ1n) is 7.04. The van der Waals surface area contributed by atoms with Gasteiger partial charge in [0.05, 0.1) is 0 Å². The Kier molecular flexibility index (Phi) is 3.66. The summed E-state index contributed by atoms with van der Waals surface area (Å²) in [5.74, 6) is 2.57. The molecule has 0 spiro atoms. The van der Waals surface area contributed by atoms with E-state index in [0.29, 0.717) is 17.7 Å². The topological polar surface area (TPSA) is 51.8 Å². The summed E-state index contributed by atoms with van der Waals surface area (Å²) < 4.78 is 0. The van der Waals surface area contributed by atoms with Crippen molar-refractivity contribution in [2.24, 2.45) is 0 Å². The largest absolute Gasteiger partial charge is 0.384 e. The maximum absolute atomic E-state index is 5.88. The summed E-state index contributed by atoms with van der Waals surface area (Å²) in [5, 5.41) is 0.941. The summed E-state index contributed by atoms with van der Waals surface area (Å²) in [7, 11) is 0. The molecule has 1 aliphatic rings. The Balaban J connectivity index is 1.79. The molecule has 4 heteroatoms. The second-order valence-corrected chi connectivity index (χ2v) is 6.68. The minimum atomic E-state index is 0.529. The number of nitrogen functional groups attached to an aromatic ring is 1. The van der Waals surface area contributed by atoms with E-state index in [9.17, 15) is 0 Å². The summed E-state index contributed by atoms with van der Waals surface area (Å²) >= 11 is 1.65. The summed E-state index contributed by atoms with van der Waals surface area (Å²) in [5.41, 5.74) is 7.23. The van der Waals surface area contributed by atoms with E-state index in [0.717, 1.165) is 10.9 Å². The number of rotatable bonds is 4. The van der Waals surface area contributed by atoms with Crippen molar-refractivity contribution in [2.45, 2.75) is 48.4 Å². The number of hydrogen-bond donors (Lipinski definition) is 1. The van der Waals surface area contributed by atoms with Crippen molar-refractivity contribution in [1.82, 2.24) is 9.97 Å². The molecule has 3 nitrogen and oxygen atoms in total. The fraction of sp³-hybridized carbons (Fsp3) is 0.375. The Morgan fingerprint density at radius 2 is 1.85 bits per heavy atom. The molecule has 0 amide bonds. The highest BCUT2D eigenvalue weighted by Gasteiger charge is 2.27. The van der Waals surface area contributed by atoms with Crippen LogP contribution >= 0.6 is 11.8 Å². The van der Waals surface area contributed by atoms with Crippen molar-refractivity contribution >= 4 is 17.6 Å². The Hall–Kier alpha value is -1.55. The van der Waals surface area contributed by atoms with Crippen LogP contribution in [0.2, 0.25) is 0 Å². The van der Waals surface area contributed by atoms with Gasteiger partial charge in [-0.1, -0.05) is 37.7 Å². The van der Waals surface area contributed by atoms with Crippen molar-refractivity contribution in [2.75, 3.05) is 5.73 Å². The van der Waals surface area contributed by atoms with Crippen molar-refractivity contribution in [1.29, 1.82) is 0 Å². The molecular weight excluding hydrogens is 266 g/mol. The molecule has 0 radical (unpaired) electrons. The smallest absolute Gasteiger partial charge is 0.135 e. The van der Waals surface area contributed by atoms with Gasteiger partial charge in [0.2, 0.25) is 0 Å². The quantitative estimate of drug-likeness (QED) is 0.855. The molecule has 1 aromatic carbocycles. The number of aromatic nitrogens is 2. The normalized spacial score (nSPS) is 14.8. The number of anilines is 1. The molecule has 1 fully saturated rings. The first kappa shape index (κ1) is 13.4. The maximum atomic E-state index is 5.88. The van der Waals surface area contributed by atoms with Crippen LogP contribution in [0.15, 0.2) is 40.3 Å². The summed E-state index contributed by atoms with van der Waals surface area (Å²) in [6.07, 6.45) is 2.38. The van der Waals surface area contributed by atoms with Crippen molar-refractivity contribution in [3.63, 3.8) is 0 Å². The molecular formula is C16H19N3S. The summed E-state index contributed by atoms with van der Waals surface area (Å²) in [4.78, 5) is 10.1. The van der Waals surface area contributed by atoms with E-state index in [4.69, 9.17) is 5.73 Å². The second kappa shape index (κ2) is 5.44. The Labute approximate surface area is 124 Å². The molecule has 0 unspecified atom stereocenters. The molecule has 2 aromatic rings. The maximum Gasteiger partial charge on any atom is 0.135 e. The molecule has 0 saturated heterocycles. The van der Waals surface area contributed by atoms with Gasteiger partial charge in [0.1, 0.15) is 16.7 Å². The highest BCUT2D eigenvalue weighted by Crippen LogP contribution is 2.39. The summed E-state index contributed by atoms with van der Waals surface area (Å²) in [6.45, 7) is 4.41. The highest BCUT2D eigenvalue weighted by molar-refractivity contribution is 7.99. The van der Waals surface area contributed by atoms with Crippen molar-refractivity contribution < 1.29 is 0 Å². The van der Waals surface area contributed by atoms with E-state index in [1.54, 1.807) is 11.8 Å². The predicted molar refractivity (Wildman–Crippen MR) is 83.1 cm³/mol. The average Bonchev–Trinajstić information content (AvgIpc) is 3.23. The molecule has 0 aliphatic heterocycles. The van der Waals surface area contributed by atoms with Crippen LogP contribution in [0.3, 0.4) is 0 Å². The standard InChI is InChI=1S/C16H19N3S/c1-10(2)11-5-7-13(8-6-11)20-15-9-14(17)18-16(19-15)12-3-4-12/h5-10,12H,3-4H2,1-2H3,(H2,17,18,19). The van der Waals surface area contributed by atoms with Gasteiger partial charge in [-0.15, -0.1) is 0 Å². The van der Waals surface area contributed by atoms with Crippen LogP contribution in [0.25, 0.3) is 0 Å². The molecule has 2 N–H and O–H groups in total. The fourth-order valence-electron chi connectivity index (χ4n) is 2.08. The monoisotopic (exact) mass is 285 g/mol. The first-order valence-corrected chi connectivity index (χ1v) is 7.86. The van der Waals surface area contributed by atoms with Gasteiger partial charge in [0, 0.05) is 16.9 Å². The molecule has 20 heavy (non-hydrogen) atoms. The molecule has 1 aliphatic carbocycles. The van der Waals surface area contributed by atoms with Crippen LogP contribution in [-0.4, -0.2) is 9.97 Å². The molecule has 1 saturated carbocycles. The third-order valence-electron chi connectivity index (χ3n) is 3.45. The van der Waals surface area contributed by atoms with Gasteiger partial charge in [0.25, 0.3) is 0 Å². The zero-order chi connectivity index (χ0) is 14.1. The molecule has 1 heterocycles. The van der Waals surface area contributed by atoms with E-state index < -0.39 is 0 Å². The van der Waals surface area contributed by atoms with Gasteiger partial charge in [-0.25, -0.2) is 9.97 Å². The average molecular weight is 285 g/mol. The van der Waals surface area contributed by atoms with Gasteiger partial charge in [-0.2, -0.15) is 0 Å². The third-order valence-corrected chi connectivity index (χ3v) is 4.38. The van der Waals surface area contributed by atoms with Crippen LogP contribution in [0.5, 0.6) is 0 Å². The minimum Gasteiger partial charge on any atom is -0.384 e. The Bertz CT molecular complexity index is 604. The van der Waals surface area contributed by atoms with E-state index in [1.165, 1.54) is 23.3 Å². The van der Waals surface area contributed by atoms with Gasteiger partial charge in [-0.05, 0) is 36.5 Å². The van der Waals surface area contributed by atoms with E-state index in [2.05, 4.69) is 48.1 Å². The lowest BCUT2D eigenvalue weighted by atomic mass is 10.0. The lowest BCUT2D eigenvalue weighted by Gasteiger charge is -2.07. The van der Waals surface area contributed by atoms with Crippen molar-refractivity contribution in [3.8, 4) is 0 Å². The fourth-order valence-corrected chi connectivity index (χ4v) is 2.91. The van der Waals surface area contributed by atoms with Crippen LogP contribution in [-0.2, 0) is 0 Å². The molecule has 104 valence electrons. The molecule has 1 aromatic heterocycles. The third kappa shape index (κ3) is 3.12. The number of nitrogens with two attached hydrogens (primary N) is 1. The Morgan fingerprint density at radius 3 is 2.45 bits per heavy atom. The molecule has 0 bridgehead atoms. The van der Waals surface area contributed by atoms with Crippen molar-refractivity contribution in [3.05, 3.63) is 41.7 Å². The molecule has 0 atom stereocenters. The van der Waals surface area contributed by atoms with Gasteiger partial charge >= 0.3 is 0 Å². The lowest BCUT2D eigenvalue weighted by molar-refractivity contribution is 0.864. The van der Waals surface area contributed by atoms with Crippen LogP contribution < -0.4 is 5.73 Å². The van der Waals surface area contributed by atoms with Gasteiger partial charge in [-0.3, -0.25) is 0 Å². The predicted octanol–water partition coefficient (Wildman–Crippen LogP) is 4.21. The van der Waals surface area contributed by atoms with Gasteiger partial charge in [0.15, 0.2) is 0 Å². The lowest BCUT2D eigenvalue weighted by Crippen LogP contribution is -1.99. The zero-order valence-electron chi connectivity index (χ0n) is 11.8. The SMILES string of the molecule is CC(C)c1ccc(Sc2cc(N)nc(C3CC3)n2)cc1. The Morgan fingerprint density at radius 1 is 1.15 bits per heavy atom. The van der Waals surface area contributed by atoms with E-state index in [1.807, 2.05) is 6.07 Å². The summed E-state index contributed by atoms with van der Waals surface area (Å²) in [6, 6.07) is 10.5. The number of benzene rings is 1. The first-order chi connectivity index (χ1) is 9.61. The second-order valence-electron chi connectivity index (χ2n) is 5.59. The minimum absolute atomic E-state index is 0.529. The van der Waals surface area contributed by atoms with E-state index in [-0.39, 0.29) is 0 Å². The van der Waals surface area contributed by atoms with Crippen LogP contribution in [0, 0.1) is 0 Å². The van der Waals surface area contributed by atoms with Crippen LogP contribution in [0.1, 0.15) is 49.9 Å². The van der Waals surface area contributed by atoms with Crippen LogP contribution in [0.4, 0.5) is 5.82 Å². The number of nitrogens with zero attached hydrogens (tertiary/aromatic N) is 2. The highest BCUT2D eigenvalue weighted by atomic mass is 32.2. The number of hydrogen-bond acceptors (Lipinski definition) is 4. The molecule has 3 rings (SSSR count). The zero-order valence-corrected chi connectivity index (χ0v) is 12.7.